The quantitative estimate of drug-likeness (QED) is 0.435. The maximum absolute atomic E-state index is 14.3. The third-order valence-corrected chi connectivity index (χ3v) is 6.30. The highest BCUT2D eigenvalue weighted by atomic mass is 35.5. The molecule has 2 heterocycles. The fourth-order valence-corrected chi connectivity index (χ4v) is 4.54. The van der Waals surface area contributed by atoms with Crippen molar-refractivity contribution in [3.8, 4) is 16.9 Å². The molecule has 2 aromatic carbocycles. The lowest BCUT2D eigenvalue weighted by molar-refractivity contribution is -0.248. The highest BCUT2D eigenvalue weighted by Crippen LogP contribution is 2.52. The standard InChI is InChI=1S/C24H17Cl2F3N2O2/c25-18-9-17(10-19(26)11-18)23(24(27,28)29)12-16-7-14(3-4-20(16)33-23)15-5-6-30-21(8-15)31-22(32)13-1-2-13/h3-11,13H,1-2,12H2,(H,30,31,32). The van der Waals surface area contributed by atoms with Crippen LogP contribution in [0, 0.1) is 5.92 Å². The fraction of sp³-hybridized carbons (Fsp3) is 0.250. The highest BCUT2D eigenvalue weighted by Gasteiger charge is 2.61. The number of nitrogens with zero attached hydrogens (tertiary/aromatic N) is 1. The van der Waals surface area contributed by atoms with Gasteiger partial charge >= 0.3 is 6.18 Å². The van der Waals surface area contributed by atoms with E-state index >= 15 is 0 Å². The van der Waals surface area contributed by atoms with Crippen LogP contribution in [0.5, 0.6) is 5.75 Å². The number of pyridine rings is 1. The summed E-state index contributed by atoms with van der Waals surface area (Å²) in [6.45, 7) is 0. The normalized spacial score (nSPS) is 19.7. The molecule has 5 rings (SSSR count). The predicted octanol–water partition coefficient (Wildman–Crippen LogP) is 6.80. The number of amides is 1. The van der Waals surface area contributed by atoms with Crippen molar-refractivity contribution in [2.45, 2.75) is 31.0 Å². The number of alkyl halides is 3. The van der Waals surface area contributed by atoms with Gasteiger partial charge in [-0.1, -0.05) is 29.3 Å². The molecule has 2 aliphatic rings. The molecule has 33 heavy (non-hydrogen) atoms. The van der Waals surface area contributed by atoms with Crippen LogP contribution in [-0.2, 0) is 16.8 Å². The van der Waals surface area contributed by atoms with Crippen molar-refractivity contribution < 1.29 is 22.7 Å². The topological polar surface area (TPSA) is 51.2 Å². The number of anilines is 1. The maximum Gasteiger partial charge on any atom is 0.432 e. The predicted molar refractivity (Wildman–Crippen MR) is 120 cm³/mol. The Bertz CT molecular complexity index is 1240. The minimum absolute atomic E-state index is 0.0306. The molecular formula is C24H17Cl2F3N2O2. The zero-order valence-electron chi connectivity index (χ0n) is 17.0. The van der Waals surface area contributed by atoms with Gasteiger partial charge in [0.15, 0.2) is 0 Å². The molecule has 170 valence electrons. The van der Waals surface area contributed by atoms with Gasteiger partial charge in [0.05, 0.1) is 0 Å². The SMILES string of the molecule is O=C(Nc1cc(-c2ccc3c(c2)CC(c2cc(Cl)cc(Cl)c2)(C(F)(F)F)O3)ccn1)C1CC1. The first-order valence-electron chi connectivity index (χ1n) is 10.3. The molecular weight excluding hydrogens is 476 g/mol. The van der Waals surface area contributed by atoms with Crippen molar-refractivity contribution in [2.24, 2.45) is 5.92 Å². The average molecular weight is 493 g/mol. The monoisotopic (exact) mass is 492 g/mol. The minimum atomic E-state index is -4.71. The lowest BCUT2D eigenvalue weighted by atomic mass is 9.88. The Morgan fingerprint density at radius 2 is 1.73 bits per heavy atom. The van der Waals surface area contributed by atoms with Gasteiger partial charge in [-0.05, 0) is 72.0 Å². The smallest absolute Gasteiger partial charge is 0.432 e. The van der Waals surface area contributed by atoms with E-state index in [2.05, 4.69) is 10.3 Å². The maximum atomic E-state index is 14.3. The second-order valence-corrected chi connectivity index (χ2v) is 9.15. The molecule has 9 heteroatoms. The lowest BCUT2D eigenvalue weighted by Gasteiger charge is -2.31. The molecule has 1 saturated carbocycles. The Kier molecular flexibility index (Phi) is 5.29. The van der Waals surface area contributed by atoms with Crippen LogP contribution in [-0.4, -0.2) is 17.1 Å². The van der Waals surface area contributed by atoms with E-state index in [0.717, 1.165) is 12.8 Å². The lowest BCUT2D eigenvalue weighted by Crippen LogP contribution is -2.46. The van der Waals surface area contributed by atoms with Gasteiger partial charge < -0.3 is 10.1 Å². The summed E-state index contributed by atoms with van der Waals surface area (Å²) >= 11 is 12.0. The zero-order chi connectivity index (χ0) is 23.4. The van der Waals surface area contributed by atoms with Crippen molar-refractivity contribution in [3.63, 3.8) is 0 Å². The largest absolute Gasteiger partial charge is 0.472 e. The molecule has 4 nitrogen and oxygen atoms in total. The van der Waals surface area contributed by atoms with Crippen molar-refractivity contribution in [1.82, 2.24) is 4.98 Å². The van der Waals surface area contributed by atoms with Crippen molar-refractivity contribution in [2.75, 3.05) is 5.32 Å². The Morgan fingerprint density at radius 3 is 2.39 bits per heavy atom. The molecule has 1 aliphatic carbocycles. The number of carbonyl (C=O) groups is 1. The van der Waals surface area contributed by atoms with Gasteiger partial charge in [0.2, 0.25) is 11.5 Å². The van der Waals surface area contributed by atoms with Crippen LogP contribution in [0.25, 0.3) is 11.1 Å². The third kappa shape index (κ3) is 4.15. The van der Waals surface area contributed by atoms with Gasteiger partial charge in [-0.3, -0.25) is 4.79 Å². The van der Waals surface area contributed by atoms with E-state index in [4.69, 9.17) is 27.9 Å². The minimum Gasteiger partial charge on any atom is -0.472 e. The highest BCUT2D eigenvalue weighted by molar-refractivity contribution is 6.34. The van der Waals surface area contributed by atoms with Gasteiger partial charge in [-0.25, -0.2) is 4.98 Å². The van der Waals surface area contributed by atoms with Gasteiger partial charge in [-0.2, -0.15) is 13.2 Å². The molecule has 0 spiro atoms. The molecule has 0 saturated heterocycles. The van der Waals surface area contributed by atoms with Gasteiger partial charge in [0.1, 0.15) is 11.6 Å². The average Bonchev–Trinajstić information content (AvgIpc) is 3.52. The van der Waals surface area contributed by atoms with Crippen LogP contribution in [0.3, 0.4) is 0 Å². The number of aromatic nitrogens is 1. The molecule has 3 aromatic rings. The van der Waals surface area contributed by atoms with Crippen molar-refractivity contribution >= 4 is 34.9 Å². The molecule has 1 aliphatic heterocycles. The van der Waals surface area contributed by atoms with E-state index in [1.807, 2.05) is 0 Å². The summed E-state index contributed by atoms with van der Waals surface area (Å²) in [5, 5.41) is 2.98. The fourth-order valence-electron chi connectivity index (χ4n) is 4.01. The molecule has 1 aromatic heterocycles. The number of hydrogen-bond acceptors (Lipinski definition) is 3. The Hall–Kier alpha value is -2.77. The molecule has 1 amide bonds. The first-order chi connectivity index (χ1) is 15.6. The number of fused-ring (bicyclic) bond motifs is 1. The number of rotatable bonds is 4. The van der Waals surface area contributed by atoms with E-state index in [-0.39, 0.29) is 33.2 Å². The summed E-state index contributed by atoms with van der Waals surface area (Å²) in [6.07, 6.45) is -1.84. The van der Waals surface area contributed by atoms with Gasteiger partial charge in [0.25, 0.3) is 0 Å². The van der Waals surface area contributed by atoms with Crippen LogP contribution in [0.2, 0.25) is 10.0 Å². The molecule has 1 fully saturated rings. The molecule has 1 atom stereocenters. The van der Waals surface area contributed by atoms with Crippen molar-refractivity contribution in [3.05, 3.63) is 75.9 Å². The van der Waals surface area contributed by atoms with E-state index in [0.29, 0.717) is 22.5 Å². The van der Waals surface area contributed by atoms with E-state index in [1.165, 1.54) is 24.3 Å². The van der Waals surface area contributed by atoms with Gasteiger partial charge in [0, 0.05) is 34.1 Å². The molecule has 0 bridgehead atoms. The summed E-state index contributed by atoms with van der Waals surface area (Å²) in [4.78, 5) is 16.2. The molecule has 1 N–H and O–H groups in total. The van der Waals surface area contributed by atoms with Crippen LogP contribution >= 0.6 is 23.2 Å². The second-order valence-electron chi connectivity index (χ2n) is 8.28. The summed E-state index contributed by atoms with van der Waals surface area (Å²) in [7, 11) is 0. The number of nitrogens with one attached hydrogen (secondary N) is 1. The molecule has 1 unspecified atom stereocenters. The summed E-state index contributed by atoms with van der Waals surface area (Å²) < 4.78 is 48.6. The van der Waals surface area contributed by atoms with Crippen LogP contribution < -0.4 is 10.1 Å². The number of halogens is 5. The first-order valence-corrected chi connectivity index (χ1v) is 11.0. The number of carbonyl (C=O) groups excluding carboxylic acids is 1. The van der Waals surface area contributed by atoms with Crippen LogP contribution in [0.4, 0.5) is 19.0 Å². The Labute approximate surface area is 197 Å². The van der Waals surface area contributed by atoms with E-state index in [9.17, 15) is 18.0 Å². The zero-order valence-corrected chi connectivity index (χ0v) is 18.6. The number of hydrogen-bond donors (Lipinski definition) is 1. The first kappa shape index (κ1) is 22.0. The number of benzene rings is 2. The van der Waals surface area contributed by atoms with E-state index in [1.54, 1.807) is 30.5 Å². The third-order valence-electron chi connectivity index (χ3n) is 5.86. The summed E-state index contributed by atoms with van der Waals surface area (Å²) in [5.74, 6) is 0.503. The Balaban J connectivity index is 1.49. The molecule has 0 radical (unpaired) electrons. The Morgan fingerprint density at radius 1 is 1.03 bits per heavy atom. The number of ether oxygens (including phenoxy) is 1. The summed E-state index contributed by atoms with van der Waals surface area (Å²) in [6, 6.07) is 12.1. The van der Waals surface area contributed by atoms with Gasteiger partial charge in [-0.15, -0.1) is 0 Å². The van der Waals surface area contributed by atoms with Crippen LogP contribution in [0.1, 0.15) is 24.0 Å². The van der Waals surface area contributed by atoms with Crippen molar-refractivity contribution in [1.29, 1.82) is 0 Å². The van der Waals surface area contributed by atoms with Crippen LogP contribution in [0.15, 0.2) is 54.7 Å². The van der Waals surface area contributed by atoms with E-state index < -0.39 is 18.2 Å². The summed E-state index contributed by atoms with van der Waals surface area (Å²) in [5.41, 5.74) is -0.942. The second kappa shape index (κ2) is 7.92.